The fourth-order valence-electron chi connectivity index (χ4n) is 2.12. The summed E-state index contributed by atoms with van der Waals surface area (Å²) in [5, 5.41) is 8.85. The lowest BCUT2D eigenvalue weighted by Crippen LogP contribution is -2.27. The van der Waals surface area contributed by atoms with Crippen LogP contribution in [0.5, 0.6) is 5.88 Å². The second kappa shape index (κ2) is 9.73. The largest absolute Gasteiger partial charge is 0.477 e. The Kier molecular flexibility index (Phi) is 8.19. The lowest BCUT2D eigenvalue weighted by Gasteiger charge is -2.28. The number of halogens is 3. The summed E-state index contributed by atoms with van der Waals surface area (Å²) in [5.41, 5.74) is 6.57. The number of aliphatic imine (C=N–C) groups is 1. The molecule has 162 valence electrons. The highest BCUT2D eigenvalue weighted by molar-refractivity contribution is 6.40. The number of aromatic nitrogens is 1. The van der Waals surface area contributed by atoms with Gasteiger partial charge in [0, 0.05) is 23.5 Å². The number of rotatable bonds is 5. The van der Waals surface area contributed by atoms with Gasteiger partial charge >= 0.3 is 12.1 Å². The van der Waals surface area contributed by atoms with Gasteiger partial charge in [-0.3, -0.25) is 4.99 Å². The van der Waals surface area contributed by atoms with Crippen LogP contribution >= 0.6 is 0 Å². The highest BCUT2D eigenvalue weighted by Gasteiger charge is 2.29. The van der Waals surface area contributed by atoms with Crippen molar-refractivity contribution in [1.82, 2.24) is 9.88 Å². The molecule has 0 radical (unpaired) electrons. The summed E-state index contributed by atoms with van der Waals surface area (Å²) >= 11 is 0. The zero-order chi connectivity index (χ0) is 22.4. The third-order valence-electron chi connectivity index (χ3n) is 3.45. The summed E-state index contributed by atoms with van der Waals surface area (Å²) in [6, 6.07) is 1.51. The fraction of sp³-hybridized carbons (Fsp3) is 0.526. The van der Waals surface area contributed by atoms with Crippen molar-refractivity contribution < 1.29 is 27.8 Å². The number of carboxylic acids is 1. The van der Waals surface area contributed by atoms with Gasteiger partial charge in [0.25, 0.3) is 0 Å². The number of nitrogens with zero attached hydrogens (tertiary/aromatic N) is 3. The molecule has 0 saturated heterocycles. The molecule has 0 spiro atoms. The van der Waals surface area contributed by atoms with Gasteiger partial charge in [-0.1, -0.05) is 0 Å². The minimum atomic E-state index is -4.42. The molecule has 0 aliphatic carbocycles. The number of aliphatic carboxylic acids is 1. The van der Waals surface area contributed by atoms with Gasteiger partial charge in [-0.05, 0) is 52.3 Å². The number of carboxylic acid groups (broad SMARTS) is 1. The maximum atomic E-state index is 12.2. The average molecular weight is 416 g/mol. The Morgan fingerprint density at radius 3 is 2.38 bits per heavy atom. The van der Waals surface area contributed by atoms with E-state index in [4.69, 9.17) is 10.8 Å². The molecule has 0 aromatic carbocycles. The van der Waals surface area contributed by atoms with E-state index >= 15 is 0 Å². The Morgan fingerprint density at radius 1 is 1.38 bits per heavy atom. The number of pyridine rings is 1. The molecule has 29 heavy (non-hydrogen) atoms. The SMILES string of the molecule is CC(C)(C)N.Cc1cc(C(C)N2C=CC(C(=O)O)=NC2)cnc1OCC(F)(F)F. The quantitative estimate of drug-likeness (QED) is 0.763. The first-order valence-electron chi connectivity index (χ1n) is 8.84. The van der Waals surface area contributed by atoms with E-state index in [9.17, 15) is 18.0 Å². The molecule has 10 heteroatoms. The van der Waals surface area contributed by atoms with E-state index in [-0.39, 0.29) is 29.8 Å². The van der Waals surface area contributed by atoms with Crippen molar-refractivity contribution >= 4 is 11.7 Å². The van der Waals surface area contributed by atoms with Crippen LogP contribution in [-0.2, 0) is 4.79 Å². The predicted octanol–water partition coefficient (Wildman–Crippen LogP) is 3.45. The van der Waals surface area contributed by atoms with Gasteiger partial charge in [0.15, 0.2) is 6.61 Å². The van der Waals surface area contributed by atoms with Crippen LogP contribution in [0.25, 0.3) is 0 Å². The first kappa shape index (κ1) is 24.4. The van der Waals surface area contributed by atoms with Crippen LogP contribution in [0.15, 0.2) is 29.5 Å². The van der Waals surface area contributed by atoms with E-state index < -0.39 is 18.8 Å². The average Bonchev–Trinajstić information content (AvgIpc) is 2.58. The number of hydrogen-bond donors (Lipinski definition) is 2. The highest BCUT2D eigenvalue weighted by Crippen LogP contribution is 2.26. The van der Waals surface area contributed by atoms with Crippen molar-refractivity contribution in [2.24, 2.45) is 10.7 Å². The highest BCUT2D eigenvalue weighted by atomic mass is 19.4. The number of aryl methyl sites for hydroxylation is 1. The molecule has 2 rings (SSSR count). The molecule has 1 unspecified atom stereocenters. The molecule has 0 fully saturated rings. The molecule has 0 amide bonds. The van der Waals surface area contributed by atoms with E-state index in [2.05, 4.69) is 14.7 Å². The van der Waals surface area contributed by atoms with Gasteiger partial charge < -0.3 is 20.5 Å². The van der Waals surface area contributed by atoms with Crippen molar-refractivity contribution in [2.75, 3.05) is 13.3 Å². The van der Waals surface area contributed by atoms with Gasteiger partial charge in [0.1, 0.15) is 12.4 Å². The van der Waals surface area contributed by atoms with E-state index in [0.29, 0.717) is 5.56 Å². The Balaban J connectivity index is 0.000000749. The molecule has 1 aromatic heterocycles. The summed E-state index contributed by atoms with van der Waals surface area (Å²) in [5.74, 6) is -1.16. The van der Waals surface area contributed by atoms with Crippen molar-refractivity contribution in [1.29, 1.82) is 0 Å². The minimum absolute atomic E-state index is 0. The van der Waals surface area contributed by atoms with Gasteiger partial charge in [-0.2, -0.15) is 13.2 Å². The van der Waals surface area contributed by atoms with Crippen LogP contribution in [-0.4, -0.2) is 51.7 Å². The Labute approximate surface area is 168 Å². The molecular formula is C19H27F3N4O3. The van der Waals surface area contributed by atoms with Crippen LogP contribution in [0.2, 0.25) is 0 Å². The van der Waals surface area contributed by atoms with Crippen molar-refractivity contribution in [2.45, 2.75) is 52.4 Å². The lowest BCUT2D eigenvalue weighted by molar-refractivity contribution is -0.154. The van der Waals surface area contributed by atoms with Gasteiger partial charge in [-0.25, -0.2) is 9.78 Å². The molecule has 0 saturated carbocycles. The second-order valence-corrected chi connectivity index (χ2v) is 7.66. The molecule has 2 heterocycles. The van der Waals surface area contributed by atoms with Crippen LogP contribution in [0.4, 0.5) is 13.2 Å². The topological polar surface area (TPSA) is 101 Å². The van der Waals surface area contributed by atoms with Crippen LogP contribution in [0.1, 0.15) is 44.9 Å². The maximum absolute atomic E-state index is 12.2. The standard InChI is InChI=1S/C15H16F3N3O3.C4H11N/c1-9-5-11(6-19-13(9)24-7-15(16,17)18)10(2)21-4-3-12(14(22)23)20-8-21;1-4(2,3)5/h3-6,10H,7-8H2,1-2H3,(H,22,23);5H2,1-3H3. The summed E-state index contributed by atoms with van der Waals surface area (Å²) in [7, 11) is 0. The van der Waals surface area contributed by atoms with Gasteiger partial charge in [0.2, 0.25) is 5.88 Å². The monoisotopic (exact) mass is 416 g/mol. The maximum Gasteiger partial charge on any atom is 0.422 e. The van der Waals surface area contributed by atoms with Gasteiger partial charge in [0.05, 0.1) is 6.04 Å². The molecule has 1 aromatic rings. The first-order valence-corrected chi connectivity index (χ1v) is 8.84. The van der Waals surface area contributed by atoms with Crippen molar-refractivity contribution in [3.8, 4) is 5.88 Å². The second-order valence-electron chi connectivity index (χ2n) is 7.66. The number of ether oxygens (including phenoxy) is 1. The number of carbonyl (C=O) groups is 1. The van der Waals surface area contributed by atoms with Gasteiger partial charge in [-0.15, -0.1) is 0 Å². The van der Waals surface area contributed by atoms with E-state index in [0.717, 1.165) is 5.56 Å². The summed E-state index contributed by atoms with van der Waals surface area (Å²) in [4.78, 5) is 20.5. The van der Waals surface area contributed by atoms with E-state index in [1.165, 1.54) is 12.3 Å². The van der Waals surface area contributed by atoms with E-state index in [1.807, 2.05) is 27.7 Å². The number of hydrogen-bond acceptors (Lipinski definition) is 6. The lowest BCUT2D eigenvalue weighted by atomic mass is 10.1. The van der Waals surface area contributed by atoms with Crippen molar-refractivity contribution in [3.05, 3.63) is 35.7 Å². The first-order chi connectivity index (χ1) is 13.2. The smallest absolute Gasteiger partial charge is 0.422 e. The van der Waals surface area contributed by atoms with Crippen LogP contribution < -0.4 is 10.5 Å². The van der Waals surface area contributed by atoms with Crippen LogP contribution in [0.3, 0.4) is 0 Å². The summed E-state index contributed by atoms with van der Waals surface area (Å²) in [6.45, 7) is 8.15. The fourth-order valence-corrected chi connectivity index (χ4v) is 2.12. The molecule has 1 atom stereocenters. The molecule has 1 aliphatic rings. The number of nitrogens with two attached hydrogens (primary N) is 1. The zero-order valence-corrected chi connectivity index (χ0v) is 17.1. The number of alkyl halides is 3. The third kappa shape index (κ3) is 9.42. The zero-order valence-electron chi connectivity index (χ0n) is 17.1. The normalized spacial score (nSPS) is 15.2. The Bertz CT molecular complexity index is 765. The van der Waals surface area contributed by atoms with Crippen LogP contribution in [0, 0.1) is 6.92 Å². The molecular weight excluding hydrogens is 389 g/mol. The molecule has 3 N–H and O–H groups in total. The molecule has 1 aliphatic heterocycles. The summed E-state index contributed by atoms with van der Waals surface area (Å²) < 4.78 is 41.2. The predicted molar refractivity (Wildman–Crippen MR) is 104 cm³/mol. The van der Waals surface area contributed by atoms with Crippen molar-refractivity contribution in [3.63, 3.8) is 0 Å². The van der Waals surface area contributed by atoms with E-state index in [1.54, 1.807) is 24.1 Å². The summed E-state index contributed by atoms with van der Waals surface area (Å²) in [6.07, 6.45) is 0.0279. The molecule has 0 bridgehead atoms. The third-order valence-corrected chi connectivity index (χ3v) is 3.45. The molecule has 7 nitrogen and oxygen atoms in total. The Hall–Kier alpha value is -2.62. The Morgan fingerprint density at radius 2 is 1.97 bits per heavy atom. The minimum Gasteiger partial charge on any atom is -0.477 e.